The van der Waals surface area contributed by atoms with Crippen LogP contribution in [0.15, 0.2) is 36.0 Å². The van der Waals surface area contributed by atoms with Crippen LogP contribution in [0.4, 0.5) is 5.69 Å². The van der Waals surface area contributed by atoms with E-state index in [0.29, 0.717) is 17.5 Å². The molecule has 1 heterocycles. The second kappa shape index (κ2) is 6.99. The molecule has 0 aliphatic carbocycles. The molecule has 2 atom stereocenters. The minimum Gasteiger partial charge on any atom is -0.508 e. The predicted molar refractivity (Wildman–Crippen MR) is 85.0 cm³/mol. The maximum absolute atomic E-state index is 12.2. The number of benzene rings is 1. The first kappa shape index (κ1) is 15.9. The van der Waals surface area contributed by atoms with Gasteiger partial charge >= 0.3 is 0 Å². The lowest BCUT2D eigenvalue weighted by atomic mass is 9.92. The van der Waals surface area contributed by atoms with Crippen LogP contribution in [-0.2, 0) is 4.79 Å². The van der Waals surface area contributed by atoms with E-state index < -0.39 is 5.91 Å². The molecule has 1 aromatic rings. The zero-order valence-corrected chi connectivity index (χ0v) is 12.9. The Bertz CT molecular complexity index is 591. The third-order valence-electron chi connectivity index (χ3n) is 3.70. The number of rotatable bonds is 3. The Hall–Kier alpha value is -2.48. The Balaban J connectivity index is 2.06. The molecule has 2 rings (SSSR count). The highest BCUT2D eigenvalue weighted by Crippen LogP contribution is 2.22. The first-order chi connectivity index (χ1) is 10.5. The maximum atomic E-state index is 12.2. The molecular weight excluding hydrogens is 278 g/mol. The second-order valence-corrected chi connectivity index (χ2v) is 6.06. The van der Waals surface area contributed by atoms with E-state index in [9.17, 15) is 15.2 Å². The summed E-state index contributed by atoms with van der Waals surface area (Å²) < 4.78 is 0. The second-order valence-electron chi connectivity index (χ2n) is 6.06. The first-order valence-electron chi connectivity index (χ1n) is 7.44. The van der Waals surface area contributed by atoms with E-state index in [2.05, 4.69) is 19.2 Å². The molecule has 1 aliphatic heterocycles. The van der Waals surface area contributed by atoms with Crippen molar-refractivity contribution in [3.8, 4) is 11.8 Å². The van der Waals surface area contributed by atoms with Crippen molar-refractivity contribution in [1.29, 1.82) is 5.26 Å². The standard InChI is InChI=1S/C17H21N3O2/c1-12-7-13(2)10-20(9-12)11-14(8-18)17(22)19-15-3-5-16(21)6-4-15/h3-6,11-13,21H,7,9-10H2,1-2H3,(H,19,22)/b14-11-. The summed E-state index contributed by atoms with van der Waals surface area (Å²) in [5.41, 5.74) is 0.638. The van der Waals surface area contributed by atoms with Gasteiger partial charge in [0.1, 0.15) is 17.4 Å². The van der Waals surface area contributed by atoms with E-state index in [4.69, 9.17) is 0 Å². The summed E-state index contributed by atoms with van der Waals surface area (Å²) in [5, 5.41) is 21.1. The van der Waals surface area contributed by atoms with Gasteiger partial charge in [-0.15, -0.1) is 0 Å². The highest BCUT2D eigenvalue weighted by Gasteiger charge is 2.21. The number of anilines is 1. The van der Waals surface area contributed by atoms with Crippen LogP contribution in [0.1, 0.15) is 20.3 Å². The first-order valence-corrected chi connectivity index (χ1v) is 7.44. The van der Waals surface area contributed by atoms with Crippen molar-refractivity contribution in [2.75, 3.05) is 18.4 Å². The van der Waals surface area contributed by atoms with Gasteiger partial charge in [-0.1, -0.05) is 13.8 Å². The number of amides is 1. The van der Waals surface area contributed by atoms with E-state index in [1.807, 2.05) is 11.0 Å². The molecule has 5 nitrogen and oxygen atoms in total. The number of carbonyl (C=O) groups is 1. The van der Waals surface area contributed by atoms with Gasteiger partial charge in [-0.05, 0) is 42.5 Å². The number of piperidine rings is 1. The average Bonchev–Trinajstić information content (AvgIpc) is 2.46. The molecule has 0 saturated carbocycles. The number of aromatic hydroxyl groups is 1. The lowest BCUT2D eigenvalue weighted by molar-refractivity contribution is -0.112. The quantitative estimate of drug-likeness (QED) is 0.511. The molecule has 0 radical (unpaired) electrons. The van der Waals surface area contributed by atoms with Gasteiger partial charge < -0.3 is 15.3 Å². The van der Waals surface area contributed by atoms with Crippen molar-refractivity contribution in [3.63, 3.8) is 0 Å². The Morgan fingerprint density at radius 1 is 1.32 bits per heavy atom. The van der Waals surface area contributed by atoms with Crippen LogP contribution < -0.4 is 5.32 Å². The topological polar surface area (TPSA) is 76.4 Å². The third-order valence-corrected chi connectivity index (χ3v) is 3.70. The third kappa shape index (κ3) is 4.26. The van der Waals surface area contributed by atoms with Crippen LogP contribution in [0, 0.1) is 23.2 Å². The summed E-state index contributed by atoms with van der Waals surface area (Å²) in [6.07, 6.45) is 2.83. The molecule has 5 heteroatoms. The molecular formula is C17H21N3O2. The maximum Gasteiger partial charge on any atom is 0.267 e. The van der Waals surface area contributed by atoms with Crippen LogP contribution >= 0.6 is 0 Å². The molecule has 1 aromatic carbocycles. The fourth-order valence-corrected chi connectivity index (χ4v) is 2.88. The monoisotopic (exact) mass is 299 g/mol. The zero-order valence-electron chi connectivity index (χ0n) is 12.9. The van der Waals surface area contributed by atoms with Gasteiger partial charge in [-0.3, -0.25) is 4.79 Å². The largest absolute Gasteiger partial charge is 0.508 e. The van der Waals surface area contributed by atoms with Gasteiger partial charge in [-0.2, -0.15) is 5.26 Å². The van der Waals surface area contributed by atoms with E-state index in [1.54, 1.807) is 18.3 Å². The molecule has 1 saturated heterocycles. The molecule has 1 aliphatic rings. The fourth-order valence-electron chi connectivity index (χ4n) is 2.88. The van der Waals surface area contributed by atoms with Crippen LogP contribution in [-0.4, -0.2) is 29.0 Å². The predicted octanol–water partition coefficient (Wildman–Crippen LogP) is 2.72. The van der Waals surface area contributed by atoms with E-state index in [-0.39, 0.29) is 11.3 Å². The minimum absolute atomic E-state index is 0.0920. The SMILES string of the molecule is CC1CC(C)CN(/C=C(/C#N)C(=O)Nc2ccc(O)cc2)C1. The summed E-state index contributed by atoms with van der Waals surface area (Å²) >= 11 is 0. The number of phenolic OH excluding ortho intramolecular Hbond substituents is 1. The van der Waals surface area contributed by atoms with Crippen LogP contribution in [0.2, 0.25) is 0 Å². The molecule has 22 heavy (non-hydrogen) atoms. The van der Waals surface area contributed by atoms with Crippen molar-refractivity contribution in [2.24, 2.45) is 11.8 Å². The number of nitriles is 1. The number of nitrogens with one attached hydrogen (secondary N) is 1. The number of phenols is 1. The molecule has 116 valence electrons. The van der Waals surface area contributed by atoms with Crippen molar-refractivity contribution in [3.05, 3.63) is 36.0 Å². The van der Waals surface area contributed by atoms with Crippen LogP contribution in [0.5, 0.6) is 5.75 Å². The summed E-state index contributed by atoms with van der Waals surface area (Å²) in [6, 6.07) is 8.12. The zero-order chi connectivity index (χ0) is 16.1. The number of nitrogens with zero attached hydrogens (tertiary/aromatic N) is 2. The molecule has 1 amide bonds. The van der Waals surface area contributed by atoms with Gasteiger partial charge in [-0.25, -0.2) is 0 Å². The molecule has 0 bridgehead atoms. The molecule has 1 fully saturated rings. The lowest BCUT2D eigenvalue weighted by Gasteiger charge is -2.34. The Morgan fingerprint density at radius 3 is 2.45 bits per heavy atom. The summed E-state index contributed by atoms with van der Waals surface area (Å²) in [6.45, 7) is 6.09. The summed E-state index contributed by atoms with van der Waals surface area (Å²) in [5.74, 6) is 0.810. The number of carbonyl (C=O) groups excluding carboxylic acids is 1. The minimum atomic E-state index is -0.431. The fraction of sp³-hybridized carbons (Fsp3) is 0.412. The normalized spacial score (nSPS) is 22.0. The molecule has 0 aromatic heterocycles. The lowest BCUT2D eigenvalue weighted by Crippen LogP contribution is -2.35. The molecule has 2 unspecified atom stereocenters. The van der Waals surface area contributed by atoms with Gasteiger partial charge in [0, 0.05) is 25.0 Å². The number of hydrogen-bond donors (Lipinski definition) is 2. The molecule has 0 spiro atoms. The van der Waals surface area contributed by atoms with E-state index >= 15 is 0 Å². The highest BCUT2D eigenvalue weighted by molar-refractivity contribution is 6.06. The number of hydrogen-bond acceptors (Lipinski definition) is 4. The molecule has 2 N–H and O–H groups in total. The van der Waals surface area contributed by atoms with Crippen molar-refractivity contribution < 1.29 is 9.90 Å². The van der Waals surface area contributed by atoms with E-state index in [0.717, 1.165) is 13.1 Å². The Kier molecular flexibility index (Phi) is 5.05. The summed E-state index contributed by atoms with van der Waals surface area (Å²) in [7, 11) is 0. The van der Waals surface area contributed by atoms with Crippen molar-refractivity contribution in [1.82, 2.24) is 4.90 Å². The van der Waals surface area contributed by atoms with Gasteiger partial charge in [0.2, 0.25) is 0 Å². The van der Waals surface area contributed by atoms with Crippen molar-refractivity contribution in [2.45, 2.75) is 20.3 Å². The van der Waals surface area contributed by atoms with Crippen LogP contribution in [0.3, 0.4) is 0 Å². The van der Waals surface area contributed by atoms with Gasteiger partial charge in [0.15, 0.2) is 0 Å². The average molecular weight is 299 g/mol. The van der Waals surface area contributed by atoms with E-state index in [1.165, 1.54) is 18.6 Å². The Labute approximate surface area is 130 Å². The smallest absolute Gasteiger partial charge is 0.267 e. The van der Waals surface area contributed by atoms with Crippen LogP contribution in [0.25, 0.3) is 0 Å². The van der Waals surface area contributed by atoms with Gasteiger partial charge in [0.25, 0.3) is 5.91 Å². The summed E-state index contributed by atoms with van der Waals surface area (Å²) in [4.78, 5) is 14.2. The highest BCUT2D eigenvalue weighted by atomic mass is 16.3. The Morgan fingerprint density at radius 2 is 1.91 bits per heavy atom. The van der Waals surface area contributed by atoms with Crippen molar-refractivity contribution >= 4 is 11.6 Å². The van der Waals surface area contributed by atoms with Gasteiger partial charge in [0.05, 0.1) is 0 Å². The number of likely N-dealkylation sites (tertiary alicyclic amines) is 1.